The molecule has 0 spiro atoms. The molecule has 1 aliphatic carbocycles. The van der Waals surface area contributed by atoms with Gasteiger partial charge in [0.25, 0.3) is 0 Å². The first-order chi connectivity index (χ1) is 8.22. The van der Waals surface area contributed by atoms with E-state index in [-0.39, 0.29) is 24.0 Å². The summed E-state index contributed by atoms with van der Waals surface area (Å²) in [7, 11) is 0. The molecule has 1 heterocycles. The van der Waals surface area contributed by atoms with Gasteiger partial charge in [-0.05, 0) is 37.1 Å². The molecule has 1 aromatic carbocycles. The summed E-state index contributed by atoms with van der Waals surface area (Å²) in [6.07, 6.45) is 2.96. The summed E-state index contributed by atoms with van der Waals surface area (Å²) in [6.45, 7) is 0. The summed E-state index contributed by atoms with van der Waals surface area (Å²) in [5.74, 6) is 0.390. The van der Waals surface area contributed by atoms with Crippen molar-refractivity contribution in [1.82, 2.24) is 0 Å². The number of hydrogen-bond donors (Lipinski definition) is 1. The Balaban J connectivity index is 1.80. The second kappa shape index (κ2) is 4.11. The standard InChI is InChI=1S/C13H15FN2O/c14-9-3-1-8(2-4-9)13-16-11-6-5-10(15)7-12(11)17-13/h1-4,10-12H,5-7,15H2. The van der Waals surface area contributed by atoms with Crippen LogP contribution in [0.1, 0.15) is 24.8 Å². The Kier molecular flexibility index (Phi) is 2.59. The fourth-order valence-electron chi connectivity index (χ4n) is 2.48. The van der Waals surface area contributed by atoms with Crippen LogP contribution in [0.25, 0.3) is 0 Å². The van der Waals surface area contributed by atoms with Crippen molar-refractivity contribution < 1.29 is 9.13 Å². The number of ether oxygens (including phenoxy) is 1. The van der Waals surface area contributed by atoms with Gasteiger partial charge >= 0.3 is 0 Å². The fourth-order valence-corrected chi connectivity index (χ4v) is 2.48. The van der Waals surface area contributed by atoms with Gasteiger partial charge in [0.2, 0.25) is 5.90 Å². The maximum absolute atomic E-state index is 12.8. The molecule has 4 heteroatoms. The van der Waals surface area contributed by atoms with Crippen LogP contribution in [0.4, 0.5) is 4.39 Å². The van der Waals surface area contributed by atoms with E-state index < -0.39 is 0 Å². The fraction of sp³-hybridized carbons (Fsp3) is 0.462. The highest BCUT2D eigenvalue weighted by molar-refractivity contribution is 5.95. The lowest BCUT2D eigenvalue weighted by Gasteiger charge is -2.26. The van der Waals surface area contributed by atoms with E-state index >= 15 is 0 Å². The summed E-state index contributed by atoms with van der Waals surface area (Å²) in [5.41, 5.74) is 6.76. The molecular formula is C13H15FN2O. The van der Waals surface area contributed by atoms with Crippen molar-refractivity contribution in [3.63, 3.8) is 0 Å². The van der Waals surface area contributed by atoms with Crippen LogP contribution in [0.15, 0.2) is 29.3 Å². The van der Waals surface area contributed by atoms with Gasteiger partial charge in [-0.25, -0.2) is 9.38 Å². The van der Waals surface area contributed by atoms with E-state index in [9.17, 15) is 4.39 Å². The normalized spacial score (nSPS) is 31.6. The van der Waals surface area contributed by atoms with E-state index in [0.717, 1.165) is 24.8 Å². The van der Waals surface area contributed by atoms with Gasteiger partial charge < -0.3 is 10.5 Å². The molecule has 0 bridgehead atoms. The topological polar surface area (TPSA) is 47.6 Å². The molecular weight excluding hydrogens is 219 g/mol. The molecule has 1 saturated carbocycles. The number of nitrogens with two attached hydrogens (primary N) is 1. The summed E-state index contributed by atoms with van der Waals surface area (Å²) >= 11 is 0. The molecule has 17 heavy (non-hydrogen) atoms. The summed E-state index contributed by atoms with van der Waals surface area (Å²) in [6, 6.07) is 6.70. The largest absolute Gasteiger partial charge is 0.472 e. The van der Waals surface area contributed by atoms with E-state index in [1.165, 1.54) is 12.1 Å². The average molecular weight is 234 g/mol. The SMILES string of the molecule is NC1CCC2N=C(c3ccc(F)cc3)OC2C1. The molecule has 90 valence electrons. The molecule has 0 radical (unpaired) electrons. The number of fused-ring (bicyclic) bond motifs is 1. The first-order valence-electron chi connectivity index (χ1n) is 5.98. The summed E-state index contributed by atoms with van der Waals surface area (Å²) in [4.78, 5) is 4.56. The minimum atomic E-state index is -0.244. The zero-order valence-electron chi connectivity index (χ0n) is 9.47. The maximum Gasteiger partial charge on any atom is 0.216 e. The Morgan fingerprint density at radius 2 is 2.00 bits per heavy atom. The van der Waals surface area contributed by atoms with Crippen molar-refractivity contribution in [3.8, 4) is 0 Å². The first kappa shape index (κ1) is 10.7. The van der Waals surface area contributed by atoms with E-state index in [1.54, 1.807) is 12.1 Å². The first-order valence-corrected chi connectivity index (χ1v) is 5.98. The lowest BCUT2D eigenvalue weighted by atomic mass is 9.90. The molecule has 1 aliphatic heterocycles. The van der Waals surface area contributed by atoms with Gasteiger partial charge in [0, 0.05) is 18.0 Å². The van der Waals surface area contributed by atoms with Crippen LogP contribution < -0.4 is 5.73 Å². The molecule has 3 nitrogen and oxygen atoms in total. The van der Waals surface area contributed by atoms with E-state index in [1.807, 2.05) is 0 Å². The number of rotatable bonds is 1. The number of aliphatic imine (C=N–C) groups is 1. The van der Waals surface area contributed by atoms with Crippen molar-refractivity contribution in [1.29, 1.82) is 0 Å². The Morgan fingerprint density at radius 3 is 2.76 bits per heavy atom. The minimum Gasteiger partial charge on any atom is -0.472 e. The third-order valence-electron chi connectivity index (χ3n) is 3.43. The van der Waals surface area contributed by atoms with E-state index in [0.29, 0.717) is 5.90 Å². The van der Waals surface area contributed by atoms with Crippen molar-refractivity contribution >= 4 is 5.90 Å². The second-order valence-electron chi connectivity index (χ2n) is 4.74. The summed E-state index contributed by atoms with van der Waals surface area (Å²) < 4.78 is 18.6. The highest BCUT2D eigenvalue weighted by atomic mass is 19.1. The monoisotopic (exact) mass is 234 g/mol. The van der Waals surface area contributed by atoms with Crippen LogP contribution in [-0.2, 0) is 4.74 Å². The van der Waals surface area contributed by atoms with Crippen LogP contribution in [0.5, 0.6) is 0 Å². The Labute approximate surface area is 99.5 Å². The lowest BCUT2D eigenvalue weighted by Crippen LogP contribution is -2.37. The molecule has 0 saturated heterocycles. The minimum absolute atomic E-state index is 0.110. The molecule has 0 amide bonds. The molecule has 2 N–H and O–H groups in total. The van der Waals surface area contributed by atoms with Gasteiger partial charge in [0.15, 0.2) is 0 Å². The number of hydrogen-bond acceptors (Lipinski definition) is 3. The van der Waals surface area contributed by atoms with Gasteiger partial charge in [-0.1, -0.05) is 0 Å². The molecule has 3 unspecified atom stereocenters. The zero-order valence-corrected chi connectivity index (χ0v) is 9.47. The Morgan fingerprint density at radius 1 is 1.24 bits per heavy atom. The molecule has 3 atom stereocenters. The molecule has 1 fully saturated rings. The van der Waals surface area contributed by atoms with E-state index in [2.05, 4.69) is 4.99 Å². The third-order valence-corrected chi connectivity index (χ3v) is 3.43. The van der Waals surface area contributed by atoms with Crippen LogP contribution in [0.2, 0.25) is 0 Å². The lowest BCUT2D eigenvalue weighted by molar-refractivity contribution is 0.142. The second-order valence-corrected chi connectivity index (χ2v) is 4.74. The van der Waals surface area contributed by atoms with Gasteiger partial charge in [-0.3, -0.25) is 0 Å². The van der Waals surface area contributed by atoms with Gasteiger partial charge in [-0.15, -0.1) is 0 Å². The predicted octanol–water partition coefficient (Wildman–Crippen LogP) is 1.85. The van der Waals surface area contributed by atoms with Gasteiger partial charge in [0.1, 0.15) is 11.9 Å². The number of nitrogens with zero attached hydrogens (tertiary/aromatic N) is 1. The summed E-state index contributed by atoms with van der Waals surface area (Å²) in [5, 5.41) is 0. The highest BCUT2D eigenvalue weighted by Crippen LogP contribution is 2.29. The smallest absolute Gasteiger partial charge is 0.216 e. The molecule has 3 rings (SSSR count). The Bertz CT molecular complexity index is 443. The third kappa shape index (κ3) is 2.05. The van der Waals surface area contributed by atoms with Crippen LogP contribution in [0, 0.1) is 5.82 Å². The van der Waals surface area contributed by atoms with Gasteiger partial charge in [-0.2, -0.15) is 0 Å². The average Bonchev–Trinajstić information content (AvgIpc) is 2.72. The number of halogens is 1. The predicted molar refractivity (Wildman–Crippen MR) is 63.4 cm³/mol. The van der Waals surface area contributed by atoms with Crippen molar-refractivity contribution in [2.45, 2.75) is 37.5 Å². The molecule has 1 aromatic rings. The number of benzene rings is 1. The maximum atomic E-state index is 12.8. The van der Waals surface area contributed by atoms with Crippen LogP contribution in [-0.4, -0.2) is 24.1 Å². The van der Waals surface area contributed by atoms with Crippen molar-refractivity contribution in [2.75, 3.05) is 0 Å². The van der Waals surface area contributed by atoms with E-state index in [4.69, 9.17) is 10.5 Å². The van der Waals surface area contributed by atoms with Crippen molar-refractivity contribution in [3.05, 3.63) is 35.6 Å². The molecule has 0 aromatic heterocycles. The Hall–Kier alpha value is -1.42. The zero-order chi connectivity index (χ0) is 11.8. The van der Waals surface area contributed by atoms with Crippen LogP contribution in [0.3, 0.4) is 0 Å². The molecule has 2 aliphatic rings. The quantitative estimate of drug-likeness (QED) is 0.806. The van der Waals surface area contributed by atoms with Crippen molar-refractivity contribution in [2.24, 2.45) is 10.7 Å². The highest BCUT2D eigenvalue weighted by Gasteiger charge is 2.36. The van der Waals surface area contributed by atoms with Crippen LogP contribution >= 0.6 is 0 Å². The van der Waals surface area contributed by atoms with Gasteiger partial charge in [0.05, 0.1) is 6.04 Å².